The SMILES string of the molecule is Cc1cccc(Cl)c1CNC(=O)[C@H]1N(C(=O)[C@@H]2CC(Cc3cnco3)C(=O)O2)CSC1(C)C. The minimum Gasteiger partial charge on any atom is -0.452 e. The third-order valence-corrected chi connectivity index (χ3v) is 7.90. The van der Waals surface area contributed by atoms with E-state index in [0.29, 0.717) is 23.1 Å². The highest BCUT2D eigenvalue weighted by molar-refractivity contribution is 8.00. The molecule has 2 aromatic rings. The number of aryl methyl sites for hydroxylation is 1. The Morgan fingerprint density at radius 2 is 2.15 bits per heavy atom. The van der Waals surface area contributed by atoms with Gasteiger partial charge in [-0.05, 0) is 38.0 Å². The van der Waals surface area contributed by atoms with E-state index in [0.717, 1.165) is 11.1 Å². The van der Waals surface area contributed by atoms with Gasteiger partial charge < -0.3 is 19.4 Å². The Kier molecular flexibility index (Phi) is 6.72. The zero-order valence-electron chi connectivity index (χ0n) is 18.7. The predicted octanol–water partition coefficient (Wildman–Crippen LogP) is 3.11. The second-order valence-electron chi connectivity index (χ2n) is 8.87. The van der Waals surface area contributed by atoms with Gasteiger partial charge in [-0.25, -0.2) is 4.98 Å². The molecule has 8 nitrogen and oxygen atoms in total. The van der Waals surface area contributed by atoms with Gasteiger partial charge in [0.2, 0.25) is 5.91 Å². The van der Waals surface area contributed by atoms with Crippen molar-refractivity contribution in [3.8, 4) is 0 Å². The maximum absolute atomic E-state index is 13.3. The van der Waals surface area contributed by atoms with Crippen molar-refractivity contribution in [3.63, 3.8) is 0 Å². The van der Waals surface area contributed by atoms with Crippen LogP contribution in [0, 0.1) is 12.8 Å². The average molecular weight is 492 g/mol. The van der Waals surface area contributed by atoms with Crippen molar-refractivity contribution in [1.82, 2.24) is 15.2 Å². The highest BCUT2D eigenvalue weighted by Crippen LogP contribution is 2.41. The van der Waals surface area contributed by atoms with E-state index in [9.17, 15) is 14.4 Å². The summed E-state index contributed by atoms with van der Waals surface area (Å²) in [7, 11) is 0. The zero-order valence-corrected chi connectivity index (χ0v) is 20.2. The number of nitrogens with one attached hydrogen (secondary N) is 1. The van der Waals surface area contributed by atoms with Crippen LogP contribution in [0.4, 0.5) is 0 Å². The van der Waals surface area contributed by atoms with Crippen molar-refractivity contribution >= 4 is 41.1 Å². The molecule has 1 aromatic carbocycles. The molecule has 0 aliphatic carbocycles. The number of nitrogens with zero attached hydrogens (tertiary/aromatic N) is 2. The standard InChI is InChI=1S/C23H26ClN3O5S/c1-13-5-4-6-17(24)16(13)10-26-20(28)19-23(2,3)33-12-27(19)21(29)18-8-14(22(30)32-18)7-15-9-25-11-31-15/h4-6,9,11,14,18-19H,7-8,10,12H2,1-3H3,(H,26,28)/t14?,18-,19+/m0/s1. The molecule has 1 N–H and O–H groups in total. The molecule has 0 radical (unpaired) electrons. The zero-order chi connectivity index (χ0) is 23.8. The summed E-state index contributed by atoms with van der Waals surface area (Å²) in [6.45, 7) is 6.07. The summed E-state index contributed by atoms with van der Waals surface area (Å²) < 4.78 is 10.1. The molecule has 3 atom stereocenters. The summed E-state index contributed by atoms with van der Waals surface area (Å²) >= 11 is 7.81. The van der Waals surface area contributed by atoms with Gasteiger partial charge in [-0.2, -0.15) is 0 Å². The lowest BCUT2D eigenvalue weighted by Gasteiger charge is -2.31. The maximum atomic E-state index is 13.3. The molecule has 2 aliphatic heterocycles. The summed E-state index contributed by atoms with van der Waals surface area (Å²) in [4.78, 5) is 44.3. The van der Waals surface area contributed by atoms with E-state index in [1.165, 1.54) is 23.1 Å². The first-order valence-electron chi connectivity index (χ1n) is 10.7. The molecular weight excluding hydrogens is 466 g/mol. The van der Waals surface area contributed by atoms with Gasteiger partial charge in [0.15, 0.2) is 12.5 Å². The number of thioether (sulfide) groups is 1. The quantitative estimate of drug-likeness (QED) is 0.619. The van der Waals surface area contributed by atoms with Crippen molar-refractivity contribution in [2.75, 3.05) is 5.88 Å². The highest BCUT2D eigenvalue weighted by Gasteiger charge is 2.51. The Labute approximate surface area is 201 Å². The maximum Gasteiger partial charge on any atom is 0.310 e. The molecule has 2 amide bonds. The van der Waals surface area contributed by atoms with Crippen molar-refractivity contribution in [2.24, 2.45) is 5.92 Å². The van der Waals surface area contributed by atoms with E-state index >= 15 is 0 Å². The Balaban J connectivity index is 1.44. The Morgan fingerprint density at radius 3 is 2.85 bits per heavy atom. The van der Waals surface area contributed by atoms with Crippen molar-refractivity contribution < 1.29 is 23.5 Å². The molecule has 0 spiro atoms. The number of ether oxygens (including phenoxy) is 1. The number of hydrogen-bond acceptors (Lipinski definition) is 7. The topological polar surface area (TPSA) is 102 Å². The van der Waals surface area contributed by atoms with Gasteiger partial charge in [0.05, 0.1) is 18.0 Å². The minimum absolute atomic E-state index is 0.243. The van der Waals surface area contributed by atoms with Crippen LogP contribution in [-0.4, -0.2) is 50.4 Å². The Hall–Kier alpha value is -2.52. The Bertz CT molecular complexity index is 1040. The van der Waals surface area contributed by atoms with Crippen LogP contribution >= 0.6 is 23.4 Å². The number of hydrogen-bond donors (Lipinski definition) is 1. The van der Waals surface area contributed by atoms with E-state index in [2.05, 4.69) is 10.3 Å². The minimum atomic E-state index is -0.916. The largest absolute Gasteiger partial charge is 0.452 e. The van der Waals surface area contributed by atoms with Crippen molar-refractivity contribution in [2.45, 2.75) is 57.1 Å². The fourth-order valence-electron chi connectivity index (χ4n) is 4.30. The predicted molar refractivity (Wildman–Crippen MR) is 123 cm³/mol. The van der Waals surface area contributed by atoms with Gasteiger partial charge in [0.25, 0.3) is 5.91 Å². The number of carbonyl (C=O) groups excluding carboxylic acids is 3. The molecule has 2 fully saturated rings. The van der Waals surface area contributed by atoms with Crippen LogP contribution in [0.15, 0.2) is 35.2 Å². The van der Waals surface area contributed by atoms with E-state index in [-0.39, 0.29) is 24.8 Å². The summed E-state index contributed by atoms with van der Waals surface area (Å²) in [5, 5.41) is 3.53. The summed E-state index contributed by atoms with van der Waals surface area (Å²) in [6.07, 6.45) is 2.50. The smallest absolute Gasteiger partial charge is 0.310 e. The second-order valence-corrected chi connectivity index (χ2v) is 10.9. The van der Waals surface area contributed by atoms with Gasteiger partial charge in [0.1, 0.15) is 11.8 Å². The van der Waals surface area contributed by atoms with Crippen LogP contribution in [0.25, 0.3) is 0 Å². The molecule has 2 saturated heterocycles. The molecule has 3 heterocycles. The summed E-state index contributed by atoms with van der Waals surface area (Å²) in [5.41, 5.74) is 1.82. The summed E-state index contributed by atoms with van der Waals surface area (Å²) in [6, 6.07) is 4.87. The number of oxazole rings is 1. The molecule has 2 aliphatic rings. The first-order chi connectivity index (χ1) is 15.7. The first kappa shape index (κ1) is 23.6. The van der Waals surface area contributed by atoms with Crippen molar-refractivity contribution in [3.05, 3.63) is 52.7 Å². The van der Waals surface area contributed by atoms with E-state index in [1.54, 1.807) is 12.3 Å². The van der Waals surface area contributed by atoms with Gasteiger partial charge in [-0.1, -0.05) is 23.7 Å². The van der Waals surface area contributed by atoms with Crippen LogP contribution in [0.3, 0.4) is 0 Å². The van der Waals surface area contributed by atoms with E-state index in [4.69, 9.17) is 20.8 Å². The van der Waals surface area contributed by atoms with Crippen LogP contribution in [-0.2, 0) is 32.1 Å². The van der Waals surface area contributed by atoms with Crippen LogP contribution in [0.1, 0.15) is 37.2 Å². The molecule has 10 heteroatoms. The number of benzene rings is 1. The number of amides is 2. The second kappa shape index (κ2) is 9.38. The fraction of sp³-hybridized carbons (Fsp3) is 0.478. The molecule has 1 aromatic heterocycles. The van der Waals surface area contributed by atoms with Gasteiger partial charge in [-0.15, -0.1) is 11.8 Å². The lowest BCUT2D eigenvalue weighted by atomic mass is 9.97. The first-order valence-corrected chi connectivity index (χ1v) is 12.1. The lowest BCUT2D eigenvalue weighted by Crippen LogP contribution is -2.55. The normalized spacial score (nSPS) is 24.1. The molecule has 0 saturated carbocycles. The average Bonchev–Trinajstić information content (AvgIpc) is 3.47. The molecular formula is C23H26ClN3O5S. The van der Waals surface area contributed by atoms with Crippen LogP contribution in [0.2, 0.25) is 5.02 Å². The van der Waals surface area contributed by atoms with E-state index in [1.807, 2.05) is 32.9 Å². The number of halogens is 1. The Morgan fingerprint density at radius 1 is 1.36 bits per heavy atom. The third kappa shape index (κ3) is 4.89. The number of cyclic esters (lactones) is 1. The summed E-state index contributed by atoms with van der Waals surface area (Å²) in [5.74, 6) is -0.627. The van der Waals surface area contributed by atoms with Gasteiger partial charge >= 0.3 is 5.97 Å². The van der Waals surface area contributed by atoms with Crippen LogP contribution in [0.5, 0.6) is 0 Å². The van der Waals surface area contributed by atoms with E-state index < -0.39 is 28.8 Å². The van der Waals surface area contributed by atoms with Gasteiger partial charge in [0, 0.05) is 29.2 Å². The number of esters is 1. The fourth-order valence-corrected chi connectivity index (χ4v) is 5.73. The van der Waals surface area contributed by atoms with Crippen molar-refractivity contribution in [1.29, 1.82) is 0 Å². The third-order valence-electron chi connectivity index (χ3n) is 6.17. The number of carbonyl (C=O) groups is 3. The number of rotatable bonds is 6. The lowest BCUT2D eigenvalue weighted by molar-refractivity contribution is -0.155. The molecule has 1 unspecified atom stereocenters. The molecule has 33 heavy (non-hydrogen) atoms. The molecule has 0 bridgehead atoms. The molecule has 176 valence electrons. The monoisotopic (exact) mass is 491 g/mol. The molecule has 4 rings (SSSR count). The highest BCUT2D eigenvalue weighted by atomic mass is 35.5. The number of aromatic nitrogens is 1. The van der Waals surface area contributed by atoms with Crippen LogP contribution < -0.4 is 5.32 Å². The van der Waals surface area contributed by atoms with Gasteiger partial charge in [-0.3, -0.25) is 14.4 Å².